The molecule has 0 aliphatic carbocycles. The Morgan fingerprint density at radius 1 is 1.03 bits per heavy atom. The molecule has 1 atom stereocenters. The van der Waals surface area contributed by atoms with Crippen molar-refractivity contribution in [2.24, 2.45) is 0 Å². The van der Waals surface area contributed by atoms with Crippen LogP contribution in [0.2, 0.25) is 0 Å². The molecular weight excluding hydrogens is 464 g/mol. The van der Waals surface area contributed by atoms with Crippen LogP contribution in [0.3, 0.4) is 0 Å². The van der Waals surface area contributed by atoms with Gasteiger partial charge in [0.05, 0.1) is 32.9 Å². The Morgan fingerprint density at radius 2 is 1.80 bits per heavy atom. The standard InChI is InChI=1S/C27H26N2O5S/c1-32-22-13-17-10-11-29(26(24-9-6-12-35-24)19(17)14-23(22)33-2)25(30)16-28-15-20(27(31)34-3)18-7-4-5-8-21(18)28/h4-9,12-15,26H,10-11,16H2,1-3H3. The molecule has 4 aromatic rings. The van der Waals surface area contributed by atoms with Crippen molar-refractivity contribution in [3.63, 3.8) is 0 Å². The van der Waals surface area contributed by atoms with Gasteiger partial charge in [0, 0.05) is 28.5 Å². The van der Waals surface area contributed by atoms with E-state index in [1.165, 1.54) is 7.11 Å². The summed E-state index contributed by atoms with van der Waals surface area (Å²) in [5.74, 6) is 0.879. The monoisotopic (exact) mass is 490 g/mol. The highest BCUT2D eigenvalue weighted by atomic mass is 32.1. The first kappa shape index (κ1) is 23.0. The molecule has 0 N–H and O–H groups in total. The highest BCUT2D eigenvalue weighted by Gasteiger charge is 2.34. The number of nitrogens with zero attached hydrogens (tertiary/aromatic N) is 2. The fourth-order valence-electron chi connectivity index (χ4n) is 4.85. The number of methoxy groups -OCH3 is 3. The van der Waals surface area contributed by atoms with Gasteiger partial charge in [0.25, 0.3) is 0 Å². The van der Waals surface area contributed by atoms with Crippen molar-refractivity contribution < 1.29 is 23.8 Å². The van der Waals surface area contributed by atoms with Gasteiger partial charge in [-0.05, 0) is 47.2 Å². The molecule has 2 aromatic carbocycles. The second-order valence-corrected chi connectivity index (χ2v) is 9.32. The summed E-state index contributed by atoms with van der Waals surface area (Å²) in [6.45, 7) is 0.689. The van der Waals surface area contributed by atoms with Crippen molar-refractivity contribution in [3.05, 3.63) is 81.7 Å². The molecule has 0 spiro atoms. The van der Waals surface area contributed by atoms with Crippen molar-refractivity contribution >= 4 is 34.1 Å². The number of esters is 1. The molecule has 1 aliphatic rings. The van der Waals surface area contributed by atoms with Crippen molar-refractivity contribution in [1.82, 2.24) is 9.47 Å². The number of hydrogen-bond acceptors (Lipinski definition) is 6. The third-order valence-corrected chi connectivity index (χ3v) is 7.43. The van der Waals surface area contributed by atoms with Crippen molar-refractivity contribution in [2.45, 2.75) is 19.0 Å². The van der Waals surface area contributed by atoms with Crippen molar-refractivity contribution in [3.8, 4) is 11.5 Å². The van der Waals surface area contributed by atoms with Gasteiger partial charge in [0.2, 0.25) is 5.91 Å². The molecule has 5 rings (SSSR count). The number of para-hydroxylation sites is 1. The van der Waals surface area contributed by atoms with Crippen molar-refractivity contribution in [1.29, 1.82) is 0 Å². The first-order chi connectivity index (χ1) is 17.0. The summed E-state index contributed by atoms with van der Waals surface area (Å²) >= 11 is 1.62. The van der Waals surface area contributed by atoms with Gasteiger partial charge in [-0.15, -0.1) is 11.3 Å². The lowest BCUT2D eigenvalue weighted by molar-refractivity contribution is -0.133. The maximum absolute atomic E-state index is 13.8. The zero-order chi connectivity index (χ0) is 24.5. The molecule has 0 fully saturated rings. The Hall–Kier alpha value is -3.78. The van der Waals surface area contributed by atoms with Crippen LogP contribution in [-0.4, -0.2) is 49.2 Å². The third-order valence-electron chi connectivity index (χ3n) is 6.51. The molecule has 7 nitrogen and oxygen atoms in total. The first-order valence-electron chi connectivity index (χ1n) is 11.3. The highest BCUT2D eigenvalue weighted by Crippen LogP contribution is 2.42. The SMILES string of the molecule is COC(=O)c1cn(CC(=O)N2CCc3cc(OC)c(OC)cc3C2c2cccs2)c2ccccc12. The van der Waals surface area contributed by atoms with Crippen LogP contribution in [0.15, 0.2) is 60.1 Å². The second kappa shape index (κ2) is 9.46. The predicted octanol–water partition coefficient (Wildman–Crippen LogP) is 4.68. The summed E-state index contributed by atoms with van der Waals surface area (Å²) in [5, 5.41) is 2.79. The molecule has 0 bridgehead atoms. The molecule has 0 saturated carbocycles. The number of carbonyl (C=O) groups excluding carboxylic acids is 2. The fourth-order valence-corrected chi connectivity index (χ4v) is 5.71. The molecule has 180 valence electrons. The molecule has 0 radical (unpaired) electrons. The Bertz CT molecular complexity index is 1390. The average molecular weight is 491 g/mol. The molecule has 35 heavy (non-hydrogen) atoms. The zero-order valence-corrected chi connectivity index (χ0v) is 20.6. The smallest absolute Gasteiger partial charge is 0.340 e. The Labute approximate surface area is 207 Å². The van der Waals surface area contributed by atoms with Crippen molar-refractivity contribution in [2.75, 3.05) is 27.9 Å². The summed E-state index contributed by atoms with van der Waals surface area (Å²) in [6.07, 6.45) is 2.42. The average Bonchev–Trinajstić information content (AvgIpc) is 3.55. The molecular formula is C27H26N2O5S. The molecule has 2 aromatic heterocycles. The number of aromatic nitrogens is 1. The van der Waals surface area contributed by atoms with Gasteiger partial charge in [-0.2, -0.15) is 0 Å². The maximum Gasteiger partial charge on any atom is 0.340 e. The zero-order valence-electron chi connectivity index (χ0n) is 19.8. The fraction of sp³-hybridized carbons (Fsp3) is 0.259. The van der Waals surface area contributed by atoms with E-state index in [0.717, 1.165) is 26.9 Å². The topological polar surface area (TPSA) is 70.0 Å². The van der Waals surface area contributed by atoms with E-state index in [4.69, 9.17) is 14.2 Å². The van der Waals surface area contributed by atoms with Crippen LogP contribution in [0.25, 0.3) is 10.9 Å². The Morgan fingerprint density at radius 3 is 2.51 bits per heavy atom. The molecule has 1 amide bonds. The van der Waals surface area contributed by atoms with E-state index in [1.54, 1.807) is 31.8 Å². The van der Waals surface area contributed by atoms with Gasteiger partial charge >= 0.3 is 5.97 Å². The number of thiophene rings is 1. The van der Waals surface area contributed by atoms with E-state index < -0.39 is 5.97 Å². The summed E-state index contributed by atoms with van der Waals surface area (Å²) in [4.78, 5) is 29.1. The molecule has 8 heteroatoms. The molecule has 1 aliphatic heterocycles. The number of ether oxygens (including phenoxy) is 3. The van der Waals surface area contributed by atoms with E-state index in [2.05, 4.69) is 6.07 Å². The van der Waals surface area contributed by atoms with Gasteiger partial charge in [-0.25, -0.2) is 4.79 Å². The largest absolute Gasteiger partial charge is 0.493 e. The lowest BCUT2D eigenvalue weighted by Crippen LogP contribution is -2.42. The summed E-state index contributed by atoms with van der Waals surface area (Å²) in [6, 6.07) is 15.4. The number of amides is 1. The maximum atomic E-state index is 13.8. The number of carbonyl (C=O) groups is 2. The Kier molecular flexibility index (Phi) is 6.21. The number of fused-ring (bicyclic) bond motifs is 2. The lowest BCUT2D eigenvalue weighted by Gasteiger charge is -2.37. The van der Waals surface area contributed by atoms with Crippen LogP contribution in [0.5, 0.6) is 11.5 Å². The molecule has 1 unspecified atom stereocenters. The van der Waals surface area contributed by atoms with Gasteiger partial charge in [-0.3, -0.25) is 4.79 Å². The summed E-state index contributed by atoms with van der Waals surface area (Å²) in [5.41, 5.74) is 3.45. The predicted molar refractivity (Wildman–Crippen MR) is 134 cm³/mol. The van der Waals surface area contributed by atoms with Crippen LogP contribution >= 0.6 is 11.3 Å². The molecule has 0 saturated heterocycles. The summed E-state index contributed by atoms with van der Waals surface area (Å²) in [7, 11) is 4.61. The van der Waals surface area contributed by atoms with Crippen LogP contribution in [-0.2, 0) is 22.5 Å². The van der Waals surface area contributed by atoms with Crippen LogP contribution < -0.4 is 9.47 Å². The third kappa shape index (κ3) is 4.04. The van der Waals surface area contributed by atoms with E-state index in [1.807, 2.05) is 57.3 Å². The van der Waals surface area contributed by atoms with Gasteiger partial charge in [0.15, 0.2) is 11.5 Å². The highest BCUT2D eigenvalue weighted by molar-refractivity contribution is 7.10. The van der Waals surface area contributed by atoms with Gasteiger partial charge in [0.1, 0.15) is 6.54 Å². The van der Waals surface area contributed by atoms with E-state index in [-0.39, 0.29) is 18.5 Å². The van der Waals surface area contributed by atoms with Gasteiger partial charge in [-0.1, -0.05) is 24.3 Å². The van der Waals surface area contributed by atoms with E-state index in [9.17, 15) is 9.59 Å². The lowest BCUT2D eigenvalue weighted by atomic mass is 9.90. The second-order valence-electron chi connectivity index (χ2n) is 8.34. The minimum atomic E-state index is -0.420. The van der Waals surface area contributed by atoms with Crippen LogP contribution in [0, 0.1) is 0 Å². The van der Waals surface area contributed by atoms with Gasteiger partial charge < -0.3 is 23.7 Å². The quantitative estimate of drug-likeness (QED) is 0.367. The normalized spacial score (nSPS) is 15.1. The summed E-state index contributed by atoms with van der Waals surface area (Å²) < 4.78 is 17.9. The number of hydrogen-bond donors (Lipinski definition) is 0. The number of rotatable bonds is 6. The minimum absolute atomic E-state index is 0.0268. The molecule has 3 heterocycles. The first-order valence-corrected chi connectivity index (χ1v) is 12.2. The Balaban J connectivity index is 1.54. The van der Waals surface area contributed by atoms with Crippen LogP contribution in [0.1, 0.15) is 32.4 Å². The minimum Gasteiger partial charge on any atom is -0.493 e. The number of benzene rings is 2. The van der Waals surface area contributed by atoms with Crippen LogP contribution in [0.4, 0.5) is 0 Å². The van der Waals surface area contributed by atoms with E-state index in [0.29, 0.717) is 30.0 Å². The van der Waals surface area contributed by atoms with E-state index >= 15 is 0 Å².